The molecule has 0 saturated carbocycles. The molecule has 16 heavy (non-hydrogen) atoms. The topological polar surface area (TPSA) is 44.4 Å². The third-order valence-electron chi connectivity index (χ3n) is 3.36. The molecule has 2 aliphatic rings. The van der Waals surface area contributed by atoms with Crippen LogP contribution >= 0.6 is 12.4 Å². The number of amides is 1. The van der Waals surface area contributed by atoms with E-state index in [9.17, 15) is 4.79 Å². The quantitative estimate of drug-likeness (QED) is 0.748. The van der Waals surface area contributed by atoms with Crippen LogP contribution in [-0.4, -0.2) is 50.1 Å². The van der Waals surface area contributed by atoms with E-state index in [-0.39, 0.29) is 24.2 Å². The van der Waals surface area contributed by atoms with Gasteiger partial charge in [0.1, 0.15) is 0 Å². The van der Waals surface area contributed by atoms with E-state index in [4.69, 9.17) is 0 Å². The smallest absolute Gasteiger partial charge is 0.224 e. The number of carbonyl (C=O) groups excluding carboxylic acids is 1. The van der Waals surface area contributed by atoms with Gasteiger partial charge >= 0.3 is 0 Å². The third-order valence-corrected chi connectivity index (χ3v) is 3.36. The summed E-state index contributed by atoms with van der Waals surface area (Å²) in [7, 11) is 0. The Balaban J connectivity index is 0.00000128. The Morgan fingerprint density at radius 1 is 1.38 bits per heavy atom. The lowest BCUT2D eigenvalue weighted by Gasteiger charge is -2.16. The van der Waals surface area contributed by atoms with Crippen LogP contribution in [0, 0.1) is 5.92 Å². The minimum atomic E-state index is 0. The van der Waals surface area contributed by atoms with Gasteiger partial charge in [-0.3, -0.25) is 4.79 Å². The van der Waals surface area contributed by atoms with Crippen molar-refractivity contribution in [2.75, 3.05) is 39.3 Å². The van der Waals surface area contributed by atoms with Gasteiger partial charge in [0, 0.05) is 19.6 Å². The largest absolute Gasteiger partial charge is 0.355 e. The summed E-state index contributed by atoms with van der Waals surface area (Å²) in [5.74, 6) is 0.447. The first-order valence-corrected chi connectivity index (χ1v) is 6.07. The molecule has 5 heteroatoms. The average Bonchev–Trinajstić information content (AvgIpc) is 2.90. The van der Waals surface area contributed by atoms with E-state index in [1.54, 1.807) is 0 Å². The molecule has 1 amide bonds. The van der Waals surface area contributed by atoms with Crippen LogP contribution in [0.3, 0.4) is 0 Å². The summed E-state index contributed by atoms with van der Waals surface area (Å²) in [4.78, 5) is 14.1. The summed E-state index contributed by atoms with van der Waals surface area (Å²) >= 11 is 0. The lowest BCUT2D eigenvalue weighted by atomic mass is 10.1. The fourth-order valence-electron chi connectivity index (χ4n) is 2.37. The van der Waals surface area contributed by atoms with Crippen molar-refractivity contribution < 1.29 is 4.79 Å². The lowest BCUT2D eigenvalue weighted by molar-refractivity contribution is -0.124. The van der Waals surface area contributed by atoms with E-state index in [2.05, 4.69) is 15.5 Å². The van der Waals surface area contributed by atoms with Crippen LogP contribution < -0.4 is 10.6 Å². The van der Waals surface area contributed by atoms with Crippen molar-refractivity contribution in [1.29, 1.82) is 0 Å². The molecule has 2 saturated heterocycles. The number of carbonyl (C=O) groups is 1. The molecular weight excluding hydrogens is 226 g/mol. The van der Waals surface area contributed by atoms with E-state index in [1.165, 1.54) is 25.9 Å². The van der Waals surface area contributed by atoms with Crippen LogP contribution in [0.15, 0.2) is 0 Å². The SMILES string of the molecule is Cl.O=C(NCCN1CCCC1)[C@@H]1CCNC1. The number of halogens is 1. The highest BCUT2D eigenvalue weighted by Gasteiger charge is 2.22. The second kappa shape index (κ2) is 7.09. The fraction of sp³-hybridized carbons (Fsp3) is 0.909. The first-order valence-electron chi connectivity index (χ1n) is 6.07. The zero-order valence-corrected chi connectivity index (χ0v) is 10.5. The summed E-state index contributed by atoms with van der Waals surface area (Å²) in [6.07, 6.45) is 3.64. The molecule has 2 fully saturated rings. The first-order chi connectivity index (χ1) is 7.36. The molecule has 2 aliphatic heterocycles. The van der Waals surface area contributed by atoms with Gasteiger partial charge in [0.25, 0.3) is 0 Å². The number of nitrogens with zero attached hydrogens (tertiary/aromatic N) is 1. The van der Waals surface area contributed by atoms with Gasteiger partial charge in [0.15, 0.2) is 0 Å². The number of nitrogens with one attached hydrogen (secondary N) is 2. The van der Waals surface area contributed by atoms with Crippen LogP contribution in [0.5, 0.6) is 0 Å². The van der Waals surface area contributed by atoms with Gasteiger partial charge in [-0.1, -0.05) is 0 Å². The molecule has 0 aromatic rings. The Morgan fingerprint density at radius 2 is 2.12 bits per heavy atom. The summed E-state index contributed by atoms with van der Waals surface area (Å²) < 4.78 is 0. The van der Waals surface area contributed by atoms with Crippen molar-refractivity contribution >= 4 is 18.3 Å². The van der Waals surface area contributed by atoms with Crippen molar-refractivity contribution in [3.05, 3.63) is 0 Å². The van der Waals surface area contributed by atoms with E-state index in [0.717, 1.165) is 32.6 Å². The predicted molar refractivity (Wildman–Crippen MR) is 66.9 cm³/mol. The second-order valence-corrected chi connectivity index (χ2v) is 4.53. The van der Waals surface area contributed by atoms with Gasteiger partial charge in [-0.15, -0.1) is 12.4 Å². The maximum Gasteiger partial charge on any atom is 0.224 e. The monoisotopic (exact) mass is 247 g/mol. The summed E-state index contributed by atoms with van der Waals surface area (Å²) in [6.45, 7) is 6.10. The van der Waals surface area contributed by atoms with Gasteiger partial charge in [0.05, 0.1) is 5.92 Å². The normalized spacial score (nSPS) is 25.4. The number of likely N-dealkylation sites (tertiary alicyclic amines) is 1. The molecule has 2 heterocycles. The van der Waals surface area contributed by atoms with Crippen molar-refractivity contribution in [2.24, 2.45) is 5.92 Å². The Morgan fingerprint density at radius 3 is 2.75 bits per heavy atom. The van der Waals surface area contributed by atoms with E-state index >= 15 is 0 Å². The predicted octanol–water partition coefficient (Wildman–Crippen LogP) is 0.230. The molecule has 0 aromatic carbocycles. The van der Waals surface area contributed by atoms with Gasteiger partial charge in [-0.05, 0) is 38.9 Å². The molecule has 94 valence electrons. The van der Waals surface area contributed by atoms with Crippen LogP contribution in [0.1, 0.15) is 19.3 Å². The van der Waals surface area contributed by atoms with Gasteiger partial charge in [-0.25, -0.2) is 0 Å². The zero-order chi connectivity index (χ0) is 10.5. The standard InChI is InChI=1S/C11H21N3O.ClH/c15-11(10-3-4-12-9-10)13-5-8-14-6-1-2-7-14;/h10,12H,1-9H2,(H,13,15);1H/t10-;/m1./s1. The molecule has 0 bridgehead atoms. The Labute approximate surface area is 104 Å². The number of hydrogen-bond donors (Lipinski definition) is 2. The van der Waals surface area contributed by atoms with Crippen LogP contribution in [0.4, 0.5) is 0 Å². The maximum absolute atomic E-state index is 11.6. The number of hydrogen-bond acceptors (Lipinski definition) is 3. The molecule has 0 spiro atoms. The highest BCUT2D eigenvalue weighted by Crippen LogP contribution is 2.07. The van der Waals surface area contributed by atoms with Gasteiger partial charge in [0.2, 0.25) is 5.91 Å². The van der Waals surface area contributed by atoms with E-state index < -0.39 is 0 Å². The van der Waals surface area contributed by atoms with Crippen LogP contribution in [0.25, 0.3) is 0 Å². The van der Waals surface area contributed by atoms with Gasteiger partial charge < -0.3 is 15.5 Å². The fourth-order valence-corrected chi connectivity index (χ4v) is 2.37. The van der Waals surface area contributed by atoms with Crippen molar-refractivity contribution in [3.8, 4) is 0 Å². The second-order valence-electron chi connectivity index (χ2n) is 4.53. The van der Waals surface area contributed by atoms with Crippen molar-refractivity contribution in [3.63, 3.8) is 0 Å². The molecule has 0 aliphatic carbocycles. The minimum Gasteiger partial charge on any atom is -0.355 e. The highest BCUT2D eigenvalue weighted by molar-refractivity contribution is 5.85. The van der Waals surface area contributed by atoms with E-state index in [1.807, 2.05) is 0 Å². The highest BCUT2D eigenvalue weighted by atomic mass is 35.5. The molecule has 2 rings (SSSR count). The first kappa shape index (κ1) is 13.7. The Hall–Kier alpha value is -0.320. The lowest BCUT2D eigenvalue weighted by Crippen LogP contribution is -2.37. The molecule has 0 radical (unpaired) electrons. The Bertz CT molecular complexity index is 213. The van der Waals surface area contributed by atoms with Crippen LogP contribution in [0.2, 0.25) is 0 Å². The molecular formula is C11H22ClN3O. The molecule has 0 aromatic heterocycles. The zero-order valence-electron chi connectivity index (χ0n) is 9.71. The molecule has 4 nitrogen and oxygen atoms in total. The maximum atomic E-state index is 11.6. The van der Waals surface area contributed by atoms with Crippen molar-refractivity contribution in [1.82, 2.24) is 15.5 Å². The summed E-state index contributed by atoms with van der Waals surface area (Å²) in [6, 6.07) is 0. The average molecular weight is 248 g/mol. The summed E-state index contributed by atoms with van der Waals surface area (Å²) in [5.41, 5.74) is 0. The van der Waals surface area contributed by atoms with E-state index in [0.29, 0.717) is 0 Å². The number of rotatable bonds is 4. The summed E-state index contributed by atoms with van der Waals surface area (Å²) in [5, 5.41) is 6.24. The third kappa shape index (κ3) is 3.92. The Kier molecular flexibility index (Phi) is 6.09. The minimum absolute atomic E-state index is 0. The molecule has 2 N–H and O–H groups in total. The van der Waals surface area contributed by atoms with Crippen molar-refractivity contribution in [2.45, 2.75) is 19.3 Å². The molecule has 1 atom stereocenters. The van der Waals surface area contributed by atoms with Crippen LogP contribution in [-0.2, 0) is 4.79 Å². The van der Waals surface area contributed by atoms with Gasteiger partial charge in [-0.2, -0.15) is 0 Å². The molecule has 0 unspecified atom stereocenters.